The highest BCUT2D eigenvalue weighted by Crippen LogP contribution is 2.26. The summed E-state index contributed by atoms with van der Waals surface area (Å²) in [7, 11) is 1.77. The van der Waals surface area contributed by atoms with E-state index in [0.717, 1.165) is 6.54 Å². The van der Waals surface area contributed by atoms with Crippen molar-refractivity contribution >= 4 is 28.9 Å². The van der Waals surface area contributed by atoms with Crippen molar-refractivity contribution in [3.05, 3.63) is 17.3 Å². The van der Waals surface area contributed by atoms with Crippen LogP contribution in [0.15, 0.2) is 12.3 Å². The number of halogens is 2. The Labute approximate surface area is 144 Å². The van der Waals surface area contributed by atoms with Gasteiger partial charge in [0.15, 0.2) is 5.82 Å². The van der Waals surface area contributed by atoms with Crippen molar-refractivity contribution in [2.24, 2.45) is 0 Å². The minimum Gasteiger partial charge on any atom is -0.378 e. The third kappa shape index (κ3) is 2.78. The molecule has 0 aromatic carbocycles. The van der Waals surface area contributed by atoms with Crippen LogP contribution in [0.25, 0.3) is 5.52 Å². The first kappa shape index (κ1) is 15.9. The third-order valence-corrected chi connectivity index (χ3v) is 5.03. The lowest BCUT2D eigenvalue weighted by Crippen LogP contribution is -2.57. The molecule has 0 radical (unpaired) electrons. The summed E-state index contributed by atoms with van der Waals surface area (Å²) >= 11 is 6.15. The molecule has 2 aliphatic rings. The summed E-state index contributed by atoms with van der Waals surface area (Å²) in [6.45, 7) is 2.69. The lowest BCUT2D eigenvalue weighted by atomic mass is 10.0. The van der Waals surface area contributed by atoms with Gasteiger partial charge >= 0.3 is 0 Å². The van der Waals surface area contributed by atoms with Gasteiger partial charge in [-0.15, -0.1) is 5.10 Å². The van der Waals surface area contributed by atoms with E-state index in [1.807, 2.05) is 0 Å². The number of rotatable bonds is 4. The SMILES string of the molecule is CNc1nc(N[C@H]2CCN(C3COC3)C[C@H]2F)nn2ccc(Cl)c12. The van der Waals surface area contributed by atoms with E-state index in [9.17, 15) is 4.39 Å². The van der Waals surface area contributed by atoms with Crippen LogP contribution >= 0.6 is 11.6 Å². The van der Waals surface area contributed by atoms with Gasteiger partial charge in [0.05, 0.1) is 30.3 Å². The van der Waals surface area contributed by atoms with Crippen molar-refractivity contribution in [2.75, 3.05) is 44.0 Å². The van der Waals surface area contributed by atoms with Crippen LogP contribution in [-0.4, -0.2) is 71.1 Å². The van der Waals surface area contributed by atoms with E-state index in [-0.39, 0.29) is 6.04 Å². The summed E-state index contributed by atoms with van der Waals surface area (Å²) in [5.74, 6) is 1.01. The quantitative estimate of drug-likeness (QED) is 0.870. The van der Waals surface area contributed by atoms with Gasteiger partial charge < -0.3 is 15.4 Å². The van der Waals surface area contributed by atoms with Gasteiger partial charge in [-0.1, -0.05) is 11.6 Å². The molecule has 4 rings (SSSR count). The van der Waals surface area contributed by atoms with Crippen LogP contribution in [0.4, 0.5) is 16.2 Å². The van der Waals surface area contributed by atoms with Crippen molar-refractivity contribution in [2.45, 2.75) is 24.7 Å². The molecule has 0 unspecified atom stereocenters. The summed E-state index contributed by atoms with van der Waals surface area (Å²) in [5, 5.41) is 11.1. The number of anilines is 2. The molecule has 2 N–H and O–H groups in total. The number of nitrogens with one attached hydrogen (secondary N) is 2. The summed E-state index contributed by atoms with van der Waals surface area (Å²) < 4.78 is 21.4. The fourth-order valence-corrected chi connectivity index (χ4v) is 3.48. The third-order valence-electron chi connectivity index (χ3n) is 4.72. The molecule has 7 nitrogen and oxygen atoms in total. The van der Waals surface area contributed by atoms with Gasteiger partial charge in [0.2, 0.25) is 5.95 Å². The maximum absolute atomic E-state index is 14.6. The number of aromatic nitrogens is 3. The standard InChI is InChI=1S/C15H20ClFN6O/c1-18-14-13-10(16)2-5-23(13)21-15(20-14)19-12-3-4-22(6-11(12)17)9-7-24-8-9/h2,5,9,11-12H,3-4,6-8H2,1H3,(H2,18,19,20,21)/t11-,12+/m1/s1. The Hall–Kier alpha value is -1.64. The van der Waals surface area contributed by atoms with Gasteiger partial charge in [-0.05, 0) is 12.5 Å². The number of fused-ring (bicyclic) bond motifs is 1. The largest absolute Gasteiger partial charge is 0.378 e. The number of nitrogens with zero attached hydrogens (tertiary/aromatic N) is 4. The number of likely N-dealkylation sites (tertiary alicyclic amines) is 1. The zero-order chi connectivity index (χ0) is 16.7. The van der Waals surface area contributed by atoms with E-state index in [1.165, 1.54) is 0 Å². The molecular weight excluding hydrogens is 335 g/mol. The molecule has 2 aromatic rings. The topological polar surface area (TPSA) is 66.7 Å². The number of ether oxygens (including phenoxy) is 1. The maximum Gasteiger partial charge on any atom is 0.243 e. The van der Waals surface area contributed by atoms with Crippen molar-refractivity contribution in [1.29, 1.82) is 0 Å². The van der Waals surface area contributed by atoms with Gasteiger partial charge in [0, 0.05) is 26.3 Å². The molecule has 2 atom stereocenters. The van der Waals surface area contributed by atoms with Crippen molar-refractivity contribution in [1.82, 2.24) is 19.5 Å². The van der Waals surface area contributed by atoms with Gasteiger partial charge in [-0.3, -0.25) is 4.90 Å². The molecule has 130 valence electrons. The Kier molecular flexibility index (Phi) is 4.19. The zero-order valence-corrected chi connectivity index (χ0v) is 14.1. The van der Waals surface area contributed by atoms with Crippen LogP contribution in [0.1, 0.15) is 6.42 Å². The number of piperidine rings is 1. The van der Waals surface area contributed by atoms with Crippen LogP contribution in [-0.2, 0) is 4.74 Å². The minimum absolute atomic E-state index is 0.296. The second-order valence-corrected chi connectivity index (χ2v) is 6.64. The van der Waals surface area contributed by atoms with Gasteiger partial charge in [0.1, 0.15) is 11.7 Å². The Morgan fingerprint density at radius 2 is 2.25 bits per heavy atom. The first-order valence-electron chi connectivity index (χ1n) is 8.10. The lowest BCUT2D eigenvalue weighted by Gasteiger charge is -2.42. The fraction of sp³-hybridized carbons (Fsp3) is 0.600. The number of hydrogen-bond donors (Lipinski definition) is 2. The summed E-state index contributed by atoms with van der Waals surface area (Å²) in [5.41, 5.74) is 0.710. The van der Waals surface area contributed by atoms with Crippen molar-refractivity contribution in [3.8, 4) is 0 Å². The van der Waals surface area contributed by atoms with Gasteiger partial charge in [-0.2, -0.15) is 4.98 Å². The average molecular weight is 355 g/mol. The van der Waals surface area contributed by atoms with Crippen LogP contribution in [0.5, 0.6) is 0 Å². The van der Waals surface area contributed by atoms with E-state index in [0.29, 0.717) is 54.5 Å². The van der Waals surface area contributed by atoms with Crippen LogP contribution < -0.4 is 10.6 Å². The van der Waals surface area contributed by atoms with Crippen LogP contribution in [0, 0.1) is 0 Å². The number of hydrogen-bond acceptors (Lipinski definition) is 6. The second kappa shape index (κ2) is 6.34. The van der Waals surface area contributed by atoms with Crippen molar-refractivity contribution < 1.29 is 9.13 Å². The average Bonchev–Trinajstić information content (AvgIpc) is 2.89. The van der Waals surface area contributed by atoms with Crippen LogP contribution in [0.3, 0.4) is 0 Å². The smallest absolute Gasteiger partial charge is 0.243 e. The van der Waals surface area contributed by atoms with Crippen molar-refractivity contribution in [3.63, 3.8) is 0 Å². The van der Waals surface area contributed by atoms with E-state index in [4.69, 9.17) is 16.3 Å². The Morgan fingerprint density at radius 3 is 2.92 bits per heavy atom. The summed E-state index contributed by atoms with van der Waals surface area (Å²) in [6, 6.07) is 1.83. The Balaban J connectivity index is 1.49. The monoisotopic (exact) mass is 354 g/mol. The Morgan fingerprint density at radius 1 is 1.42 bits per heavy atom. The normalized spacial score (nSPS) is 25.6. The highest BCUT2D eigenvalue weighted by molar-refractivity contribution is 6.34. The predicted molar refractivity (Wildman–Crippen MR) is 90.6 cm³/mol. The van der Waals surface area contributed by atoms with E-state index in [1.54, 1.807) is 23.8 Å². The molecule has 24 heavy (non-hydrogen) atoms. The molecule has 0 bridgehead atoms. The molecule has 9 heteroatoms. The first-order valence-corrected chi connectivity index (χ1v) is 8.48. The zero-order valence-electron chi connectivity index (χ0n) is 13.4. The molecule has 0 amide bonds. The lowest BCUT2D eigenvalue weighted by molar-refractivity contribution is -0.0794. The van der Waals surface area contributed by atoms with E-state index >= 15 is 0 Å². The number of alkyl halides is 1. The minimum atomic E-state index is -0.968. The molecule has 2 aromatic heterocycles. The molecule has 4 heterocycles. The van der Waals surface area contributed by atoms with Gasteiger partial charge in [0.25, 0.3) is 0 Å². The Bertz CT molecular complexity index is 736. The predicted octanol–water partition coefficient (Wildman–Crippen LogP) is 1.65. The summed E-state index contributed by atoms with van der Waals surface area (Å²) in [6.07, 6.45) is 1.50. The maximum atomic E-state index is 14.6. The molecule has 2 saturated heterocycles. The molecular formula is C15H20ClFN6O. The molecule has 2 aliphatic heterocycles. The molecule has 0 spiro atoms. The highest BCUT2D eigenvalue weighted by Gasteiger charge is 2.35. The molecule has 2 fully saturated rings. The van der Waals surface area contributed by atoms with Gasteiger partial charge in [-0.25, -0.2) is 8.91 Å². The summed E-state index contributed by atoms with van der Waals surface area (Å²) in [4.78, 5) is 6.59. The van der Waals surface area contributed by atoms with E-state index in [2.05, 4.69) is 25.6 Å². The molecule has 0 saturated carbocycles. The highest BCUT2D eigenvalue weighted by atomic mass is 35.5. The molecule has 0 aliphatic carbocycles. The van der Waals surface area contributed by atoms with Crippen LogP contribution in [0.2, 0.25) is 5.02 Å². The fourth-order valence-electron chi connectivity index (χ4n) is 3.25. The first-order chi connectivity index (χ1) is 11.7. The van der Waals surface area contributed by atoms with E-state index < -0.39 is 6.17 Å². The second-order valence-electron chi connectivity index (χ2n) is 6.23.